The van der Waals surface area contributed by atoms with Gasteiger partial charge in [0.25, 0.3) is 0 Å². The summed E-state index contributed by atoms with van der Waals surface area (Å²) in [5.41, 5.74) is 5.18. The fourth-order valence-electron chi connectivity index (χ4n) is 5.70. The van der Waals surface area contributed by atoms with E-state index in [-0.39, 0.29) is 18.7 Å². The predicted octanol–water partition coefficient (Wildman–Crippen LogP) is 5.37. The molecule has 1 unspecified atom stereocenters. The summed E-state index contributed by atoms with van der Waals surface area (Å²) in [5.74, 6) is -0.595. The number of halogens is 1. The average molecular weight is 597 g/mol. The molecule has 12 heteroatoms. The number of aliphatic carboxylic acids is 1. The molecule has 4 aromatic rings. The van der Waals surface area contributed by atoms with Gasteiger partial charge in [0.2, 0.25) is 0 Å². The number of benzene rings is 3. The Labute approximate surface area is 242 Å². The molecule has 3 aromatic carbocycles. The lowest BCUT2D eigenvalue weighted by Crippen LogP contribution is -2.39. The first-order valence-corrected chi connectivity index (χ1v) is 15.2. The van der Waals surface area contributed by atoms with E-state index in [0.29, 0.717) is 40.6 Å². The van der Waals surface area contributed by atoms with Crippen LogP contribution in [0.1, 0.15) is 66.0 Å². The maximum atomic E-state index is 13.2. The molecular formula is C29H29ClN4O6S. The number of aromatic nitrogens is 3. The summed E-state index contributed by atoms with van der Waals surface area (Å²) in [7, 11) is -4.14. The summed E-state index contributed by atoms with van der Waals surface area (Å²) in [6.45, 7) is 4.86. The van der Waals surface area contributed by atoms with Crippen molar-refractivity contribution in [3.05, 3.63) is 81.4 Å². The van der Waals surface area contributed by atoms with Gasteiger partial charge in [0, 0.05) is 29.6 Å². The average Bonchev–Trinajstić information content (AvgIpc) is 3.34. The minimum absolute atomic E-state index is 0.0665. The minimum atomic E-state index is -4.14. The summed E-state index contributed by atoms with van der Waals surface area (Å²) in [5, 5.41) is 19.0. The number of rotatable bonds is 2. The van der Waals surface area contributed by atoms with Gasteiger partial charge >= 0.3 is 16.3 Å². The van der Waals surface area contributed by atoms with E-state index in [1.165, 1.54) is 4.31 Å². The molecule has 41 heavy (non-hydrogen) atoms. The molecule has 0 amide bonds. The quantitative estimate of drug-likeness (QED) is 0.327. The van der Waals surface area contributed by atoms with E-state index in [9.17, 15) is 18.3 Å². The third kappa shape index (κ3) is 5.13. The first kappa shape index (κ1) is 27.5. The molecule has 10 nitrogen and oxygen atoms in total. The number of carboxylic acid groups (broad SMARTS) is 1. The molecule has 1 N–H and O–H groups in total. The van der Waals surface area contributed by atoms with Crippen LogP contribution in [0.5, 0.6) is 11.5 Å². The molecule has 3 atom stereocenters. The minimum Gasteiger partial charge on any atom is -0.494 e. The highest BCUT2D eigenvalue weighted by Gasteiger charge is 2.37. The van der Waals surface area contributed by atoms with Crippen molar-refractivity contribution in [3.8, 4) is 11.5 Å². The third-order valence-corrected chi connectivity index (χ3v) is 9.67. The van der Waals surface area contributed by atoms with Crippen LogP contribution in [-0.2, 0) is 28.2 Å². The molecule has 0 aliphatic carbocycles. The first-order chi connectivity index (χ1) is 19.6. The zero-order valence-electron chi connectivity index (χ0n) is 22.6. The highest BCUT2D eigenvalue weighted by molar-refractivity contribution is 7.84. The Morgan fingerprint density at radius 3 is 2.76 bits per heavy atom. The van der Waals surface area contributed by atoms with Crippen molar-refractivity contribution >= 4 is 38.9 Å². The third-order valence-electron chi connectivity index (χ3n) is 7.91. The van der Waals surface area contributed by atoms with E-state index in [0.717, 1.165) is 35.0 Å². The van der Waals surface area contributed by atoms with Gasteiger partial charge in [-0.25, -0.2) is 4.68 Å². The van der Waals surface area contributed by atoms with E-state index in [4.69, 9.17) is 20.5 Å². The van der Waals surface area contributed by atoms with E-state index in [1.54, 1.807) is 43.3 Å². The molecule has 1 aromatic heterocycles. The number of fused-ring (bicyclic) bond motifs is 5. The maximum absolute atomic E-state index is 13.2. The van der Waals surface area contributed by atoms with Crippen molar-refractivity contribution in [3.63, 3.8) is 0 Å². The molecule has 3 aliphatic heterocycles. The largest absolute Gasteiger partial charge is 0.494 e. The van der Waals surface area contributed by atoms with Gasteiger partial charge in [-0.1, -0.05) is 35.0 Å². The van der Waals surface area contributed by atoms with Crippen LogP contribution >= 0.6 is 11.6 Å². The molecule has 0 saturated heterocycles. The van der Waals surface area contributed by atoms with Crippen LogP contribution in [-0.4, -0.2) is 45.4 Å². The smallest absolute Gasteiger partial charge is 0.386 e. The Morgan fingerprint density at radius 2 is 1.95 bits per heavy atom. The lowest BCUT2D eigenvalue weighted by molar-refractivity contribution is -0.137. The van der Waals surface area contributed by atoms with Crippen molar-refractivity contribution in [1.82, 2.24) is 19.3 Å². The number of carboxylic acids is 1. The second-order valence-corrected chi connectivity index (χ2v) is 12.4. The van der Waals surface area contributed by atoms with Crippen LogP contribution in [0.4, 0.5) is 0 Å². The van der Waals surface area contributed by atoms with Gasteiger partial charge in [0.05, 0.1) is 24.6 Å². The van der Waals surface area contributed by atoms with E-state index in [1.807, 2.05) is 23.7 Å². The van der Waals surface area contributed by atoms with Crippen molar-refractivity contribution in [2.75, 3.05) is 6.61 Å². The van der Waals surface area contributed by atoms with E-state index < -0.39 is 28.2 Å². The van der Waals surface area contributed by atoms with Gasteiger partial charge in [-0.05, 0) is 79.3 Å². The molecule has 3 aliphatic rings. The van der Waals surface area contributed by atoms with Crippen molar-refractivity contribution in [2.45, 2.75) is 58.2 Å². The normalized spacial score (nSPS) is 21.9. The van der Waals surface area contributed by atoms with Gasteiger partial charge in [-0.15, -0.1) is 5.10 Å². The van der Waals surface area contributed by atoms with Gasteiger partial charge in [-0.3, -0.25) is 4.79 Å². The Hall–Kier alpha value is -3.67. The van der Waals surface area contributed by atoms with Gasteiger partial charge in [-0.2, -0.15) is 12.7 Å². The first-order valence-electron chi connectivity index (χ1n) is 13.4. The van der Waals surface area contributed by atoms with Crippen LogP contribution in [0.3, 0.4) is 0 Å². The number of hydrogen-bond donors (Lipinski definition) is 1. The second kappa shape index (κ2) is 10.6. The highest BCUT2D eigenvalue weighted by Crippen LogP contribution is 2.41. The van der Waals surface area contributed by atoms with Crippen molar-refractivity contribution in [2.24, 2.45) is 0 Å². The van der Waals surface area contributed by atoms with Crippen molar-refractivity contribution < 1.29 is 27.2 Å². The van der Waals surface area contributed by atoms with E-state index in [2.05, 4.69) is 10.3 Å². The SMILES string of the molecule is Cc1c2ccc3c1nnn3CCCCOc1ccc3c(c1)CN([C@H](C)c1cc(ccc1Cl)[C@H]2CC(=O)O)S(=O)(=O)O3. The molecule has 7 rings (SSSR count). The Kier molecular flexibility index (Phi) is 7.13. The summed E-state index contributed by atoms with van der Waals surface area (Å²) in [4.78, 5) is 12.0. The molecule has 0 saturated carbocycles. The molecule has 214 valence electrons. The molecule has 9 bridgehead atoms. The maximum Gasteiger partial charge on any atom is 0.386 e. The highest BCUT2D eigenvalue weighted by atomic mass is 35.5. The number of nitrogens with zero attached hydrogens (tertiary/aromatic N) is 4. The Bertz CT molecular complexity index is 1770. The standard InChI is InChI=1S/C29H29ClN4O6S/c1-17-22-7-9-26-29(17)31-32-33(26)11-3-4-12-39-21-6-10-27-20(13-21)16-34(41(37,38)40-27)18(2)23-14-19(5-8-25(23)30)24(22)15-28(35)36/h5-10,13-14,18,24H,3-4,11-12,15-16H2,1-2H3,(H,35,36)/t18-,24-/m1/s1. The lowest BCUT2D eigenvalue weighted by atomic mass is 9.84. The molecule has 0 spiro atoms. The van der Waals surface area contributed by atoms with Crippen LogP contribution < -0.4 is 8.92 Å². The van der Waals surface area contributed by atoms with Gasteiger partial charge in [0.15, 0.2) is 0 Å². The lowest BCUT2D eigenvalue weighted by Gasteiger charge is -2.33. The number of ether oxygens (including phenoxy) is 1. The Morgan fingerprint density at radius 1 is 1.12 bits per heavy atom. The van der Waals surface area contributed by atoms with E-state index >= 15 is 0 Å². The summed E-state index contributed by atoms with van der Waals surface area (Å²) < 4.78 is 41.0. The predicted molar refractivity (Wildman–Crippen MR) is 152 cm³/mol. The molecule has 0 fully saturated rings. The van der Waals surface area contributed by atoms with Crippen LogP contribution in [0, 0.1) is 6.92 Å². The molecule has 4 heterocycles. The Balaban J connectivity index is 1.50. The second-order valence-electron chi connectivity index (χ2n) is 10.5. The topological polar surface area (TPSA) is 124 Å². The number of carbonyl (C=O) groups is 1. The molecule has 0 radical (unpaired) electrons. The van der Waals surface area contributed by atoms with Crippen LogP contribution in [0.2, 0.25) is 5.02 Å². The fraction of sp³-hybridized carbons (Fsp3) is 0.345. The number of hydrogen-bond acceptors (Lipinski definition) is 7. The zero-order chi connectivity index (χ0) is 28.9. The summed E-state index contributed by atoms with van der Waals surface area (Å²) in [6, 6.07) is 13.5. The zero-order valence-corrected chi connectivity index (χ0v) is 24.2. The number of aryl methyl sites for hydroxylation is 2. The van der Waals surface area contributed by atoms with Crippen molar-refractivity contribution in [1.29, 1.82) is 0 Å². The summed E-state index contributed by atoms with van der Waals surface area (Å²) >= 11 is 6.64. The summed E-state index contributed by atoms with van der Waals surface area (Å²) in [6.07, 6.45) is 1.42. The molecular weight excluding hydrogens is 568 g/mol. The van der Waals surface area contributed by atoms with Gasteiger partial charge < -0.3 is 14.0 Å². The van der Waals surface area contributed by atoms with Crippen LogP contribution in [0.15, 0.2) is 48.5 Å². The monoisotopic (exact) mass is 596 g/mol. The van der Waals surface area contributed by atoms with Crippen LogP contribution in [0.25, 0.3) is 11.0 Å². The van der Waals surface area contributed by atoms with Gasteiger partial charge in [0.1, 0.15) is 17.0 Å². The fourth-order valence-corrected chi connectivity index (χ4v) is 7.26.